The molecule has 2 aliphatic rings. The Morgan fingerprint density at radius 1 is 1.19 bits per heavy atom. The molecule has 2 N–H and O–H groups in total. The minimum absolute atomic E-state index is 0.361. The van der Waals surface area contributed by atoms with Crippen LogP contribution in [0.25, 0.3) is 0 Å². The van der Waals surface area contributed by atoms with Crippen LogP contribution in [0, 0.1) is 0 Å². The summed E-state index contributed by atoms with van der Waals surface area (Å²) in [5.41, 5.74) is 0.555. The van der Waals surface area contributed by atoms with Crippen LogP contribution in [0.1, 0.15) is 38.1 Å². The molecule has 0 aromatic carbocycles. The van der Waals surface area contributed by atoms with E-state index in [9.17, 15) is 8.42 Å². The van der Waals surface area contributed by atoms with Gasteiger partial charge < -0.3 is 5.32 Å². The zero-order chi connectivity index (χ0) is 14.7. The van der Waals surface area contributed by atoms with Crippen LogP contribution in [-0.2, 0) is 10.2 Å². The van der Waals surface area contributed by atoms with Crippen molar-refractivity contribution >= 4 is 15.9 Å². The van der Waals surface area contributed by atoms with E-state index < -0.39 is 10.2 Å². The van der Waals surface area contributed by atoms with Crippen molar-refractivity contribution in [1.29, 1.82) is 0 Å². The lowest BCUT2D eigenvalue weighted by Crippen LogP contribution is -2.39. The fourth-order valence-electron chi connectivity index (χ4n) is 2.98. The first kappa shape index (κ1) is 14.8. The summed E-state index contributed by atoms with van der Waals surface area (Å²) in [6.45, 7) is 3.19. The maximum absolute atomic E-state index is 12.3. The van der Waals surface area contributed by atoms with Gasteiger partial charge in [0, 0.05) is 19.3 Å². The van der Waals surface area contributed by atoms with Gasteiger partial charge in [0.2, 0.25) is 0 Å². The molecule has 0 spiro atoms. The summed E-state index contributed by atoms with van der Waals surface area (Å²) >= 11 is 0. The monoisotopic (exact) mass is 313 g/mol. The predicted octanol–water partition coefficient (Wildman–Crippen LogP) is 0.950. The van der Waals surface area contributed by atoms with Crippen LogP contribution in [0.5, 0.6) is 0 Å². The molecular formula is C13H23N5O2S. The molecular weight excluding hydrogens is 290 g/mol. The number of nitrogens with zero attached hydrogens (tertiary/aromatic N) is 3. The molecule has 2 aliphatic heterocycles. The number of anilines is 1. The van der Waals surface area contributed by atoms with Gasteiger partial charge in [-0.25, -0.2) is 0 Å². The average Bonchev–Trinajstić information content (AvgIpc) is 2.97. The molecule has 1 aromatic heterocycles. The molecule has 0 bridgehead atoms. The highest BCUT2D eigenvalue weighted by Gasteiger charge is 2.24. The molecule has 3 heterocycles. The van der Waals surface area contributed by atoms with Crippen molar-refractivity contribution in [2.75, 3.05) is 30.9 Å². The van der Waals surface area contributed by atoms with Crippen LogP contribution in [0.2, 0.25) is 0 Å². The molecule has 2 saturated heterocycles. The van der Waals surface area contributed by atoms with Crippen molar-refractivity contribution in [2.45, 2.75) is 38.1 Å². The van der Waals surface area contributed by atoms with E-state index in [-0.39, 0.29) is 0 Å². The SMILES string of the molecule is O=S(=O)(Nc1cnn(C2CCNCC2)c1)N1CCCCC1. The molecule has 0 saturated carbocycles. The van der Waals surface area contributed by atoms with E-state index >= 15 is 0 Å². The number of rotatable bonds is 4. The van der Waals surface area contributed by atoms with Gasteiger partial charge >= 0.3 is 10.2 Å². The Morgan fingerprint density at radius 3 is 2.62 bits per heavy atom. The smallest absolute Gasteiger partial charge is 0.301 e. The van der Waals surface area contributed by atoms with Crippen molar-refractivity contribution in [3.05, 3.63) is 12.4 Å². The zero-order valence-corrected chi connectivity index (χ0v) is 13.0. The van der Waals surface area contributed by atoms with Crippen LogP contribution >= 0.6 is 0 Å². The number of aromatic nitrogens is 2. The fourth-order valence-corrected chi connectivity index (χ4v) is 4.25. The van der Waals surface area contributed by atoms with Crippen LogP contribution < -0.4 is 10.0 Å². The Morgan fingerprint density at radius 2 is 1.90 bits per heavy atom. The molecule has 7 nitrogen and oxygen atoms in total. The Kier molecular flexibility index (Phi) is 4.46. The Hall–Kier alpha value is -1.12. The molecule has 0 unspecified atom stereocenters. The van der Waals surface area contributed by atoms with Crippen LogP contribution in [0.15, 0.2) is 12.4 Å². The summed E-state index contributed by atoms with van der Waals surface area (Å²) in [6, 6.07) is 0.361. The average molecular weight is 313 g/mol. The standard InChI is InChI=1S/C13H23N5O2S/c19-21(20,17-8-2-1-3-9-17)16-12-10-15-18(11-12)13-4-6-14-7-5-13/h10-11,13-14,16H,1-9H2. The molecule has 8 heteroatoms. The van der Waals surface area contributed by atoms with E-state index in [1.54, 1.807) is 12.4 Å². The lowest BCUT2D eigenvalue weighted by atomic mass is 10.1. The Labute approximate surface area is 125 Å². The number of hydrogen-bond donors (Lipinski definition) is 2. The lowest BCUT2D eigenvalue weighted by molar-refractivity contribution is 0.343. The molecule has 0 atom stereocenters. The van der Waals surface area contributed by atoms with E-state index in [0.717, 1.165) is 45.2 Å². The molecule has 1 aromatic rings. The molecule has 3 rings (SSSR count). The highest BCUT2D eigenvalue weighted by atomic mass is 32.2. The van der Waals surface area contributed by atoms with Crippen LogP contribution in [0.3, 0.4) is 0 Å². The summed E-state index contributed by atoms with van der Waals surface area (Å²) in [6.07, 6.45) is 8.45. The van der Waals surface area contributed by atoms with Gasteiger partial charge in [-0.2, -0.15) is 17.8 Å². The van der Waals surface area contributed by atoms with E-state index in [1.165, 1.54) is 4.31 Å². The highest BCUT2D eigenvalue weighted by molar-refractivity contribution is 7.90. The summed E-state index contributed by atoms with van der Waals surface area (Å²) in [7, 11) is -3.44. The number of nitrogens with one attached hydrogen (secondary N) is 2. The van der Waals surface area contributed by atoms with Crippen LogP contribution in [-0.4, -0.2) is 48.7 Å². The highest BCUT2D eigenvalue weighted by Crippen LogP contribution is 2.21. The fraction of sp³-hybridized carbons (Fsp3) is 0.769. The van der Waals surface area contributed by atoms with E-state index in [2.05, 4.69) is 15.1 Å². The number of piperidine rings is 2. The van der Waals surface area contributed by atoms with Gasteiger partial charge in [-0.3, -0.25) is 9.40 Å². The minimum Gasteiger partial charge on any atom is -0.317 e. The summed E-state index contributed by atoms with van der Waals surface area (Å²) in [4.78, 5) is 0. The predicted molar refractivity (Wildman–Crippen MR) is 81.3 cm³/mol. The summed E-state index contributed by atoms with van der Waals surface area (Å²) in [5, 5.41) is 7.63. The molecule has 0 aliphatic carbocycles. The van der Waals surface area contributed by atoms with Crippen LogP contribution in [0.4, 0.5) is 5.69 Å². The van der Waals surface area contributed by atoms with Gasteiger partial charge in [0.05, 0.1) is 17.9 Å². The second-order valence-corrected chi connectivity index (χ2v) is 7.43. The van der Waals surface area contributed by atoms with E-state index in [0.29, 0.717) is 24.8 Å². The van der Waals surface area contributed by atoms with E-state index in [4.69, 9.17) is 0 Å². The maximum Gasteiger partial charge on any atom is 0.301 e. The van der Waals surface area contributed by atoms with Crippen molar-refractivity contribution in [3.8, 4) is 0 Å². The van der Waals surface area contributed by atoms with Crippen molar-refractivity contribution in [2.24, 2.45) is 0 Å². The molecule has 118 valence electrons. The third-order valence-electron chi connectivity index (χ3n) is 4.19. The maximum atomic E-state index is 12.3. The van der Waals surface area contributed by atoms with E-state index in [1.807, 2.05) is 4.68 Å². The largest absolute Gasteiger partial charge is 0.317 e. The van der Waals surface area contributed by atoms with Gasteiger partial charge in [0.1, 0.15) is 0 Å². The molecule has 21 heavy (non-hydrogen) atoms. The third kappa shape index (κ3) is 3.56. The summed E-state index contributed by atoms with van der Waals surface area (Å²) in [5.74, 6) is 0. The topological polar surface area (TPSA) is 79.3 Å². The minimum atomic E-state index is -3.44. The van der Waals surface area contributed by atoms with Gasteiger partial charge in [-0.1, -0.05) is 6.42 Å². The lowest BCUT2D eigenvalue weighted by Gasteiger charge is -2.25. The molecule has 2 fully saturated rings. The third-order valence-corrected chi connectivity index (χ3v) is 5.72. The first-order valence-electron chi connectivity index (χ1n) is 7.68. The Balaban J connectivity index is 1.65. The number of hydrogen-bond acceptors (Lipinski definition) is 4. The van der Waals surface area contributed by atoms with Crippen molar-refractivity contribution in [1.82, 2.24) is 19.4 Å². The quantitative estimate of drug-likeness (QED) is 0.867. The van der Waals surface area contributed by atoms with Gasteiger partial charge in [-0.05, 0) is 38.8 Å². The van der Waals surface area contributed by atoms with Gasteiger partial charge in [0.25, 0.3) is 0 Å². The first-order chi connectivity index (χ1) is 10.1. The summed E-state index contributed by atoms with van der Waals surface area (Å²) < 4.78 is 30.7. The van der Waals surface area contributed by atoms with Gasteiger partial charge in [-0.15, -0.1) is 0 Å². The zero-order valence-electron chi connectivity index (χ0n) is 12.2. The second-order valence-electron chi connectivity index (χ2n) is 5.76. The van der Waals surface area contributed by atoms with Gasteiger partial charge in [0.15, 0.2) is 0 Å². The second kappa shape index (κ2) is 6.33. The van der Waals surface area contributed by atoms with Crippen molar-refractivity contribution in [3.63, 3.8) is 0 Å². The Bertz CT molecular complexity index is 559. The normalized spacial score (nSPS) is 22.3. The van der Waals surface area contributed by atoms with Crippen molar-refractivity contribution < 1.29 is 8.42 Å². The molecule has 0 amide bonds. The first-order valence-corrected chi connectivity index (χ1v) is 9.12. The molecule has 0 radical (unpaired) electrons.